The van der Waals surface area contributed by atoms with Gasteiger partial charge in [0.2, 0.25) is 0 Å². The van der Waals surface area contributed by atoms with Crippen LogP contribution < -0.4 is 9.47 Å². The Morgan fingerprint density at radius 1 is 1.05 bits per heavy atom. The maximum absolute atomic E-state index is 5.95. The van der Waals surface area contributed by atoms with Crippen LogP contribution in [-0.2, 0) is 19.3 Å². The smallest absolute Gasteiger partial charge is 0.127 e. The number of hydrogen-bond acceptors (Lipinski definition) is 2. The van der Waals surface area contributed by atoms with Crippen molar-refractivity contribution < 1.29 is 9.47 Å². The van der Waals surface area contributed by atoms with Crippen LogP contribution in [0.5, 0.6) is 11.5 Å². The second kappa shape index (κ2) is 6.69. The van der Waals surface area contributed by atoms with E-state index in [4.69, 9.17) is 9.47 Å². The van der Waals surface area contributed by atoms with Gasteiger partial charge >= 0.3 is 0 Å². The normalized spacial score (nSPS) is 13.6. The quantitative estimate of drug-likeness (QED) is 0.780. The van der Waals surface area contributed by atoms with Crippen molar-refractivity contribution in [3.8, 4) is 11.5 Å². The summed E-state index contributed by atoms with van der Waals surface area (Å²) >= 11 is 0. The molecule has 2 aromatic carbocycles. The largest absolute Gasteiger partial charge is 0.496 e. The molecule has 0 saturated carbocycles. The zero-order chi connectivity index (χ0) is 15.4. The molecule has 0 spiro atoms. The lowest BCUT2D eigenvalue weighted by Crippen LogP contribution is -2.01. The molecule has 2 aromatic rings. The summed E-state index contributed by atoms with van der Waals surface area (Å²) in [6, 6.07) is 14.9. The highest BCUT2D eigenvalue weighted by Gasteiger charge is 2.15. The van der Waals surface area contributed by atoms with E-state index in [1.165, 1.54) is 16.7 Å². The molecule has 0 amide bonds. The maximum atomic E-state index is 5.95. The molecule has 1 heterocycles. The third-order valence-electron chi connectivity index (χ3n) is 4.10. The Labute approximate surface area is 132 Å². The minimum absolute atomic E-state index is 0.665. The fourth-order valence-electron chi connectivity index (χ4n) is 2.79. The van der Waals surface area contributed by atoms with E-state index in [1.54, 1.807) is 7.11 Å². The van der Waals surface area contributed by atoms with Crippen LogP contribution in [0.15, 0.2) is 54.1 Å². The van der Waals surface area contributed by atoms with Crippen molar-refractivity contribution in [2.45, 2.75) is 26.2 Å². The van der Waals surface area contributed by atoms with Crippen LogP contribution in [0.3, 0.4) is 0 Å². The standard InChI is InChI=1S/C20H22O2/c1-15-8-11-18-19(21-2)12-17(13-20(18)22-14-15)10-9-16-6-4-3-5-7-16/h3-8,12-13H,9-11,14H2,1-2H3. The monoisotopic (exact) mass is 294 g/mol. The molecule has 0 bridgehead atoms. The summed E-state index contributed by atoms with van der Waals surface area (Å²) in [5, 5.41) is 0. The zero-order valence-electron chi connectivity index (χ0n) is 13.3. The van der Waals surface area contributed by atoms with Crippen molar-refractivity contribution >= 4 is 0 Å². The minimum Gasteiger partial charge on any atom is -0.496 e. The molecule has 1 aliphatic rings. The van der Waals surface area contributed by atoms with Crippen LogP contribution in [0.2, 0.25) is 0 Å². The van der Waals surface area contributed by atoms with Crippen LogP contribution in [0, 0.1) is 0 Å². The Morgan fingerprint density at radius 2 is 1.82 bits per heavy atom. The summed E-state index contributed by atoms with van der Waals surface area (Å²) in [7, 11) is 1.73. The summed E-state index contributed by atoms with van der Waals surface area (Å²) in [6.45, 7) is 2.77. The fourth-order valence-corrected chi connectivity index (χ4v) is 2.79. The zero-order valence-corrected chi connectivity index (χ0v) is 13.3. The molecule has 2 nitrogen and oxygen atoms in total. The average molecular weight is 294 g/mol. The van der Waals surface area contributed by atoms with Gasteiger partial charge in [-0.15, -0.1) is 0 Å². The molecule has 3 rings (SSSR count). The number of ether oxygens (including phenoxy) is 2. The minimum atomic E-state index is 0.665. The molecule has 0 aromatic heterocycles. The Bertz CT molecular complexity index is 672. The summed E-state index contributed by atoms with van der Waals surface area (Å²) < 4.78 is 11.5. The molecule has 2 heteroatoms. The van der Waals surface area contributed by atoms with Gasteiger partial charge in [-0.2, -0.15) is 0 Å². The second-order valence-corrected chi connectivity index (χ2v) is 5.80. The van der Waals surface area contributed by atoms with Crippen LogP contribution >= 0.6 is 0 Å². The molecule has 0 unspecified atom stereocenters. The Morgan fingerprint density at radius 3 is 2.59 bits per heavy atom. The van der Waals surface area contributed by atoms with Gasteiger partial charge in [-0.3, -0.25) is 0 Å². The van der Waals surface area contributed by atoms with Crippen molar-refractivity contribution in [1.29, 1.82) is 0 Å². The van der Waals surface area contributed by atoms with Gasteiger partial charge in [0.05, 0.1) is 7.11 Å². The molecular weight excluding hydrogens is 272 g/mol. The highest BCUT2D eigenvalue weighted by atomic mass is 16.5. The number of fused-ring (bicyclic) bond motifs is 1. The number of allylic oxidation sites excluding steroid dienone is 1. The van der Waals surface area contributed by atoms with E-state index in [0.29, 0.717) is 6.61 Å². The van der Waals surface area contributed by atoms with Gasteiger partial charge in [0.1, 0.15) is 18.1 Å². The first-order valence-corrected chi connectivity index (χ1v) is 7.78. The van der Waals surface area contributed by atoms with Gasteiger partial charge in [-0.05, 0) is 55.0 Å². The molecule has 0 saturated heterocycles. The van der Waals surface area contributed by atoms with Gasteiger partial charge in [0, 0.05) is 5.56 Å². The molecule has 1 aliphatic heterocycles. The van der Waals surface area contributed by atoms with E-state index in [9.17, 15) is 0 Å². The Balaban J connectivity index is 1.82. The molecule has 22 heavy (non-hydrogen) atoms. The number of rotatable bonds is 4. The van der Waals surface area contributed by atoms with Crippen molar-refractivity contribution in [2.24, 2.45) is 0 Å². The van der Waals surface area contributed by atoms with Gasteiger partial charge < -0.3 is 9.47 Å². The van der Waals surface area contributed by atoms with Crippen molar-refractivity contribution in [1.82, 2.24) is 0 Å². The molecular formula is C20H22O2. The third kappa shape index (κ3) is 3.33. The average Bonchev–Trinajstić information content (AvgIpc) is 2.75. The molecule has 114 valence electrons. The van der Waals surface area contributed by atoms with E-state index in [2.05, 4.69) is 55.5 Å². The van der Waals surface area contributed by atoms with Crippen molar-refractivity contribution in [2.75, 3.05) is 13.7 Å². The number of hydrogen-bond donors (Lipinski definition) is 0. The van der Waals surface area contributed by atoms with Gasteiger partial charge in [-0.25, -0.2) is 0 Å². The van der Waals surface area contributed by atoms with Gasteiger partial charge in [0.25, 0.3) is 0 Å². The van der Waals surface area contributed by atoms with Gasteiger partial charge in [0.15, 0.2) is 0 Å². The molecule has 0 atom stereocenters. The summed E-state index contributed by atoms with van der Waals surface area (Å²) in [4.78, 5) is 0. The van der Waals surface area contributed by atoms with E-state index in [-0.39, 0.29) is 0 Å². The Kier molecular flexibility index (Phi) is 4.47. The van der Waals surface area contributed by atoms with E-state index in [0.717, 1.165) is 36.3 Å². The van der Waals surface area contributed by atoms with E-state index >= 15 is 0 Å². The predicted molar refractivity (Wildman–Crippen MR) is 89.8 cm³/mol. The third-order valence-corrected chi connectivity index (χ3v) is 4.10. The second-order valence-electron chi connectivity index (χ2n) is 5.80. The lowest BCUT2D eigenvalue weighted by atomic mass is 10.0. The first-order valence-electron chi connectivity index (χ1n) is 7.78. The summed E-state index contributed by atoms with van der Waals surface area (Å²) in [5.41, 5.74) is 5.04. The number of aryl methyl sites for hydroxylation is 2. The lowest BCUT2D eigenvalue weighted by molar-refractivity contribution is 0.346. The highest BCUT2D eigenvalue weighted by molar-refractivity contribution is 5.50. The molecule has 0 N–H and O–H groups in total. The van der Waals surface area contributed by atoms with Crippen molar-refractivity contribution in [3.63, 3.8) is 0 Å². The highest BCUT2D eigenvalue weighted by Crippen LogP contribution is 2.34. The van der Waals surface area contributed by atoms with E-state index < -0.39 is 0 Å². The van der Waals surface area contributed by atoms with Crippen LogP contribution in [0.25, 0.3) is 0 Å². The number of methoxy groups -OCH3 is 1. The summed E-state index contributed by atoms with van der Waals surface area (Å²) in [6.07, 6.45) is 5.12. The molecule has 0 radical (unpaired) electrons. The maximum Gasteiger partial charge on any atom is 0.127 e. The first-order chi connectivity index (χ1) is 10.8. The van der Waals surface area contributed by atoms with Crippen LogP contribution in [0.4, 0.5) is 0 Å². The molecule has 0 fully saturated rings. The van der Waals surface area contributed by atoms with Crippen LogP contribution in [0.1, 0.15) is 23.6 Å². The first kappa shape index (κ1) is 14.7. The van der Waals surface area contributed by atoms with Crippen molar-refractivity contribution in [3.05, 3.63) is 70.8 Å². The Hall–Kier alpha value is -2.22. The fraction of sp³-hybridized carbons (Fsp3) is 0.300. The SMILES string of the molecule is COc1cc(CCc2ccccc2)cc2c1CC=C(C)CO2. The number of benzene rings is 2. The van der Waals surface area contributed by atoms with E-state index in [1.807, 2.05) is 0 Å². The van der Waals surface area contributed by atoms with Crippen LogP contribution in [-0.4, -0.2) is 13.7 Å². The van der Waals surface area contributed by atoms with Gasteiger partial charge in [-0.1, -0.05) is 36.4 Å². The summed E-state index contributed by atoms with van der Waals surface area (Å²) in [5.74, 6) is 1.90. The predicted octanol–water partition coefficient (Wildman–Crippen LogP) is 4.36. The molecule has 0 aliphatic carbocycles. The topological polar surface area (TPSA) is 18.5 Å². The lowest BCUT2D eigenvalue weighted by Gasteiger charge is -2.14.